The van der Waals surface area contributed by atoms with E-state index >= 15 is 0 Å². The molecule has 15 heavy (non-hydrogen) atoms. The van der Waals surface area contributed by atoms with Gasteiger partial charge in [0.05, 0.1) is 15.7 Å². The van der Waals surface area contributed by atoms with Crippen LogP contribution in [0.1, 0.15) is 12.8 Å². The first-order valence-corrected chi connectivity index (χ1v) is 5.63. The standard InChI is InChI=1S/C10H11Cl2N3/c11-9-4-3-8(7-10(9)12)13-14-15-5-1-2-6-15/h3-4,7H,1-2,5-6H2. The second-order valence-corrected chi connectivity index (χ2v) is 4.26. The van der Waals surface area contributed by atoms with Gasteiger partial charge in [-0.2, -0.15) is 0 Å². The maximum absolute atomic E-state index is 5.86. The highest BCUT2D eigenvalue weighted by Crippen LogP contribution is 2.26. The van der Waals surface area contributed by atoms with Crippen molar-refractivity contribution in [1.29, 1.82) is 0 Å². The highest BCUT2D eigenvalue weighted by atomic mass is 35.5. The summed E-state index contributed by atoms with van der Waals surface area (Å²) in [7, 11) is 0. The Balaban J connectivity index is 2.06. The number of hydrogen-bond acceptors (Lipinski definition) is 2. The van der Waals surface area contributed by atoms with E-state index in [1.807, 2.05) is 5.01 Å². The predicted molar refractivity (Wildman–Crippen MR) is 61.8 cm³/mol. The van der Waals surface area contributed by atoms with Crippen molar-refractivity contribution in [3.63, 3.8) is 0 Å². The molecule has 1 heterocycles. The number of rotatable bonds is 2. The molecule has 0 aromatic heterocycles. The zero-order chi connectivity index (χ0) is 10.7. The summed E-state index contributed by atoms with van der Waals surface area (Å²) in [6.45, 7) is 1.98. The van der Waals surface area contributed by atoms with Gasteiger partial charge in [-0.15, -0.1) is 5.11 Å². The second kappa shape index (κ2) is 4.81. The van der Waals surface area contributed by atoms with E-state index in [0.717, 1.165) is 18.8 Å². The number of nitrogens with zero attached hydrogens (tertiary/aromatic N) is 3. The summed E-state index contributed by atoms with van der Waals surface area (Å²) >= 11 is 11.7. The SMILES string of the molecule is Clc1ccc(N=NN2CCCC2)cc1Cl. The summed E-state index contributed by atoms with van der Waals surface area (Å²) in [6.07, 6.45) is 2.39. The lowest BCUT2D eigenvalue weighted by molar-refractivity contribution is 0.336. The van der Waals surface area contributed by atoms with Crippen LogP contribution in [0.2, 0.25) is 10.0 Å². The molecule has 0 aliphatic carbocycles. The van der Waals surface area contributed by atoms with Crippen molar-refractivity contribution in [3.05, 3.63) is 28.2 Å². The molecular formula is C10H11Cl2N3. The average molecular weight is 244 g/mol. The molecule has 5 heteroatoms. The molecule has 1 aliphatic heterocycles. The van der Waals surface area contributed by atoms with Gasteiger partial charge in [0.15, 0.2) is 0 Å². The summed E-state index contributed by atoms with van der Waals surface area (Å²) in [5.41, 5.74) is 0.733. The predicted octanol–water partition coefficient (Wildman–Crippen LogP) is 4.09. The molecule has 0 atom stereocenters. The third kappa shape index (κ3) is 2.83. The fourth-order valence-electron chi connectivity index (χ4n) is 1.45. The second-order valence-electron chi connectivity index (χ2n) is 3.45. The Morgan fingerprint density at radius 3 is 2.47 bits per heavy atom. The number of hydrogen-bond donors (Lipinski definition) is 0. The topological polar surface area (TPSA) is 28.0 Å². The Kier molecular flexibility index (Phi) is 3.44. The maximum Gasteiger partial charge on any atom is 0.0890 e. The van der Waals surface area contributed by atoms with E-state index in [1.165, 1.54) is 12.8 Å². The highest BCUT2D eigenvalue weighted by molar-refractivity contribution is 6.42. The van der Waals surface area contributed by atoms with Crippen LogP contribution < -0.4 is 0 Å². The molecule has 1 saturated heterocycles. The van der Waals surface area contributed by atoms with Crippen LogP contribution in [0.3, 0.4) is 0 Å². The van der Waals surface area contributed by atoms with Gasteiger partial charge in [-0.1, -0.05) is 28.4 Å². The monoisotopic (exact) mass is 243 g/mol. The summed E-state index contributed by atoms with van der Waals surface area (Å²) in [5, 5.41) is 11.2. The zero-order valence-corrected chi connectivity index (χ0v) is 9.67. The third-order valence-corrected chi connectivity index (χ3v) is 3.01. The fraction of sp³-hybridized carbons (Fsp3) is 0.400. The maximum atomic E-state index is 5.86. The summed E-state index contributed by atoms with van der Waals surface area (Å²) in [4.78, 5) is 0. The van der Waals surface area contributed by atoms with Gasteiger partial charge in [-0.3, -0.25) is 5.01 Å². The smallest absolute Gasteiger partial charge is 0.0890 e. The molecule has 2 rings (SSSR count). The summed E-state index contributed by atoms with van der Waals surface area (Å²) < 4.78 is 0. The molecule has 0 radical (unpaired) electrons. The Morgan fingerprint density at radius 2 is 1.80 bits per heavy atom. The third-order valence-electron chi connectivity index (χ3n) is 2.27. The van der Waals surface area contributed by atoms with E-state index in [4.69, 9.17) is 23.2 Å². The first-order chi connectivity index (χ1) is 7.25. The molecule has 80 valence electrons. The van der Waals surface area contributed by atoms with Crippen LogP contribution in [0.15, 0.2) is 28.5 Å². The Hall–Kier alpha value is -0.800. The molecule has 1 aromatic rings. The van der Waals surface area contributed by atoms with Crippen molar-refractivity contribution in [2.45, 2.75) is 12.8 Å². The van der Waals surface area contributed by atoms with E-state index in [9.17, 15) is 0 Å². The van der Waals surface area contributed by atoms with Gasteiger partial charge in [0.2, 0.25) is 0 Å². The normalized spacial score (nSPS) is 16.5. The molecule has 0 spiro atoms. The van der Waals surface area contributed by atoms with Crippen LogP contribution in [0.25, 0.3) is 0 Å². The first-order valence-electron chi connectivity index (χ1n) is 4.87. The van der Waals surface area contributed by atoms with Crippen LogP contribution in [0.4, 0.5) is 5.69 Å². The lowest BCUT2D eigenvalue weighted by Gasteiger charge is -2.06. The van der Waals surface area contributed by atoms with E-state index in [2.05, 4.69) is 10.3 Å². The summed E-state index contributed by atoms with van der Waals surface area (Å²) in [6, 6.07) is 5.24. The van der Waals surface area contributed by atoms with Gasteiger partial charge in [0.1, 0.15) is 0 Å². The molecule has 0 amide bonds. The van der Waals surface area contributed by atoms with Crippen LogP contribution in [-0.2, 0) is 0 Å². The molecular weight excluding hydrogens is 233 g/mol. The van der Waals surface area contributed by atoms with Gasteiger partial charge in [0.25, 0.3) is 0 Å². The Morgan fingerprint density at radius 1 is 1.07 bits per heavy atom. The zero-order valence-electron chi connectivity index (χ0n) is 8.16. The van der Waals surface area contributed by atoms with Gasteiger partial charge < -0.3 is 0 Å². The first kappa shape index (κ1) is 10.7. The molecule has 0 bridgehead atoms. The van der Waals surface area contributed by atoms with E-state index in [1.54, 1.807) is 18.2 Å². The van der Waals surface area contributed by atoms with Crippen LogP contribution in [0, 0.1) is 0 Å². The van der Waals surface area contributed by atoms with Crippen molar-refractivity contribution in [2.24, 2.45) is 10.3 Å². The van der Waals surface area contributed by atoms with Crippen molar-refractivity contribution in [1.82, 2.24) is 5.01 Å². The van der Waals surface area contributed by atoms with E-state index < -0.39 is 0 Å². The quantitative estimate of drug-likeness (QED) is 0.720. The molecule has 1 fully saturated rings. The molecule has 1 aromatic carbocycles. The number of benzene rings is 1. The van der Waals surface area contributed by atoms with Crippen LogP contribution in [0.5, 0.6) is 0 Å². The van der Waals surface area contributed by atoms with Crippen molar-refractivity contribution >= 4 is 28.9 Å². The minimum atomic E-state index is 0.509. The largest absolute Gasteiger partial charge is 0.278 e. The molecule has 0 saturated carbocycles. The summed E-state index contributed by atoms with van der Waals surface area (Å²) in [5.74, 6) is 0. The van der Waals surface area contributed by atoms with Crippen LogP contribution in [-0.4, -0.2) is 18.1 Å². The average Bonchev–Trinajstić information content (AvgIpc) is 2.73. The minimum absolute atomic E-state index is 0.509. The van der Waals surface area contributed by atoms with E-state index in [0.29, 0.717) is 10.0 Å². The van der Waals surface area contributed by atoms with Gasteiger partial charge >= 0.3 is 0 Å². The van der Waals surface area contributed by atoms with Crippen molar-refractivity contribution in [2.75, 3.05) is 13.1 Å². The van der Waals surface area contributed by atoms with Crippen molar-refractivity contribution < 1.29 is 0 Å². The van der Waals surface area contributed by atoms with Crippen LogP contribution >= 0.6 is 23.2 Å². The van der Waals surface area contributed by atoms with Gasteiger partial charge in [-0.05, 0) is 31.0 Å². The molecule has 3 nitrogen and oxygen atoms in total. The van der Waals surface area contributed by atoms with E-state index in [-0.39, 0.29) is 0 Å². The Bertz CT molecular complexity index is 373. The van der Waals surface area contributed by atoms with Gasteiger partial charge in [0, 0.05) is 13.1 Å². The number of halogens is 2. The highest BCUT2D eigenvalue weighted by Gasteiger charge is 2.08. The Labute approximate surface area is 98.7 Å². The molecule has 1 aliphatic rings. The minimum Gasteiger partial charge on any atom is -0.278 e. The van der Waals surface area contributed by atoms with Crippen molar-refractivity contribution in [3.8, 4) is 0 Å². The fourth-order valence-corrected chi connectivity index (χ4v) is 1.74. The molecule has 0 unspecified atom stereocenters. The molecule has 0 N–H and O–H groups in total. The lowest BCUT2D eigenvalue weighted by Crippen LogP contribution is -2.09. The lowest BCUT2D eigenvalue weighted by atomic mass is 10.3. The van der Waals surface area contributed by atoms with Gasteiger partial charge in [-0.25, -0.2) is 0 Å².